The molecule has 3 aliphatic heterocycles. The summed E-state index contributed by atoms with van der Waals surface area (Å²) in [5, 5.41) is 8.96. The number of carbonyl (C=O) groups is 3. The molecular weight excluding hydrogens is 417 g/mol. The number of halogens is 3. The van der Waals surface area contributed by atoms with Crippen molar-refractivity contribution < 1.29 is 32.3 Å². The van der Waals surface area contributed by atoms with E-state index >= 15 is 0 Å². The van der Waals surface area contributed by atoms with E-state index in [9.17, 15) is 27.6 Å². The van der Waals surface area contributed by atoms with Crippen molar-refractivity contribution in [1.82, 2.24) is 9.80 Å². The van der Waals surface area contributed by atoms with Crippen molar-refractivity contribution in [3.8, 4) is 6.07 Å². The fourth-order valence-electron chi connectivity index (χ4n) is 4.43. The molecule has 164 valence electrons. The number of urea groups is 1. The van der Waals surface area contributed by atoms with Crippen LogP contribution in [-0.2, 0) is 15.7 Å². The van der Waals surface area contributed by atoms with Gasteiger partial charge in [0.15, 0.2) is 0 Å². The summed E-state index contributed by atoms with van der Waals surface area (Å²) in [6, 6.07) is 1.42. The van der Waals surface area contributed by atoms with Gasteiger partial charge in [0.2, 0.25) is 0 Å². The third kappa shape index (κ3) is 3.26. The molecule has 1 aromatic carbocycles. The maximum absolute atomic E-state index is 13.3. The third-order valence-electron chi connectivity index (χ3n) is 5.58. The van der Waals surface area contributed by atoms with Crippen molar-refractivity contribution in [2.24, 2.45) is 0 Å². The van der Waals surface area contributed by atoms with Gasteiger partial charge in [-0.25, -0.2) is 14.5 Å². The Balaban J connectivity index is 1.65. The van der Waals surface area contributed by atoms with E-state index < -0.39 is 59.1 Å². The number of nitriles is 1. The van der Waals surface area contributed by atoms with Gasteiger partial charge in [0.1, 0.15) is 11.6 Å². The van der Waals surface area contributed by atoms with Crippen LogP contribution >= 0.6 is 0 Å². The summed E-state index contributed by atoms with van der Waals surface area (Å²) in [7, 11) is 0. The fraction of sp³-hybridized carbons (Fsp3) is 0.500. The Kier molecular flexibility index (Phi) is 4.46. The molecule has 4 rings (SSSR count). The van der Waals surface area contributed by atoms with E-state index in [2.05, 4.69) is 0 Å². The van der Waals surface area contributed by atoms with Crippen molar-refractivity contribution in [3.05, 3.63) is 29.3 Å². The molecular formula is C20H19F3N4O4. The molecule has 0 radical (unpaired) electrons. The van der Waals surface area contributed by atoms with E-state index in [-0.39, 0.29) is 12.2 Å². The SMILES string of the molecule is CC(C)(C)OC(=O)N1CC2CC1[C@@H]1C(=O)N(c3ccc(C#N)c(C(F)(F)F)c3)C(=O)N21. The second kappa shape index (κ2) is 6.60. The summed E-state index contributed by atoms with van der Waals surface area (Å²) in [5.74, 6) is -0.705. The summed E-state index contributed by atoms with van der Waals surface area (Å²) in [4.78, 5) is 42.0. The van der Waals surface area contributed by atoms with E-state index in [1.807, 2.05) is 0 Å². The smallest absolute Gasteiger partial charge is 0.417 e. The number of amides is 4. The number of nitrogens with zero attached hydrogens (tertiary/aromatic N) is 4. The molecule has 3 atom stereocenters. The first kappa shape index (κ1) is 21.0. The van der Waals surface area contributed by atoms with Gasteiger partial charge in [0, 0.05) is 6.54 Å². The first-order chi connectivity index (χ1) is 14.3. The minimum absolute atomic E-state index is 0.185. The number of ether oxygens (including phenoxy) is 1. The van der Waals surface area contributed by atoms with E-state index in [1.54, 1.807) is 20.8 Å². The van der Waals surface area contributed by atoms with Crippen molar-refractivity contribution in [2.75, 3.05) is 11.4 Å². The Morgan fingerprint density at radius 3 is 2.48 bits per heavy atom. The predicted octanol–water partition coefficient (Wildman–Crippen LogP) is 3.11. The molecule has 0 aliphatic carbocycles. The topological polar surface area (TPSA) is 94.0 Å². The molecule has 11 heteroatoms. The number of fused-ring (bicyclic) bond motifs is 5. The summed E-state index contributed by atoms with van der Waals surface area (Å²) in [6.07, 6.45) is -5.03. The van der Waals surface area contributed by atoms with Crippen molar-refractivity contribution in [2.45, 2.75) is 57.1 Å². The van der Waals surface area contributed by atoms with Gasteiger partial charge in [0.25, 0.3) is 5.91 Å². The van der Waals surface area contributed by atoms with Crippen LogP contribution in [0, 0.1) is 11.3 Å². The Morgan fingerprint density at radius 2 is 1.90 bits per heavy atom. The highest BCUT2D eigenvalue weighted by Gasteiger charge is 2.63. The molecule has 3 heterocycles. The molecule has 0 spiro atoms. The van der Waals surface area contributed by atoms with Gasteiger partial charge < -0.3 is 14.5 Å². The maximum Gasteiger partial charge on any atom is 0.417 e. The number of likely N-dealkylation sites (tertiary alicyclic amines) is 1. The lowest BCUT2D eigenvalue weighted by Crippen LogP contribution is -2.55. The van der Waals surface area contributed by atoms with E-state index in [4.69, 9.17) is 10.00 Å². The lowest BCUT2D eigenvalue weighted by molar-refractivity contribution is -0.137. The van der Waals surface area contributed by atoms with Crippen LogP contribution in [-0.4, -0.2) is 58.1 Å². The average Bonchev–Trinajstić information content (AvgIpc) is 3.31. The minimum Gasteiger partial charge on any atom is -0.444 e. The monoisotopic (exact) mass is 436 g/mol. The van der Waals surface area contributed by atoms with Gasteiger partial charge in [0.05, 0.1) is 35.0 Å². The summed E-state index contributed by atoms with van der Waals surface area (Å²) in [5.41, 5.74) is -2.83. The summed E-state index contributed by atoms with van der Waals surface area (Å²) in [6.45, 7) is 5.31. The highest BCUT2D eigenvalue weighted by Crippen LogP contribution is 2.43. The van der Waals surface area contributed by atoms with Crippen LogP contribution in [0.3, 0.4) is 0 Å². The Hall–Kier alpha value is -3.29. The van der Waals surface area contributed by atoms with E-state index in [0.717, 1.165) is 12.1 Å². The number of rotatable bonds is 1. The molecule has 31 heavy (non-hydrogen) atoms. The number of anilines is 1. The average molecular weight is 436 g/mol. The van der Waals surface area contributed by atoms with Gasteiger partial charge in [-0.15, -0.1) is 0 Å². The molecule has 8 nitrogen and oxygen atoms in total. The number of carbonyl (C=O) groups excluding carboxylic acids is 3. The first-order valence-electron chi connectivity index (χ1n) is 9.60. The van der Waals surface area contributed by atoms with E-state index in [0.29, 0.717) is 17.4 Å². The highest BCUT2D eigenvalue weighted by atomic mass is 19.4. The molecule has 0 saturated carbocycles. The minimum atomic E-state index is -4.82. The van der Waals surface area contributed by atoms with Crippen molar-refractivity contribution >= 4 is 23.7 Å². The molecule has 3 saturated heterocycles. The zero-order valence-corrected chi connectivity index (χ0v) is 16.9. The maximum atomic E-state index is 13.3. The number of hydrogen-bond acceptors (Lipinski definition) is 5. The van der Waals surface area contributed by atoms with Crippen LogP contribution in [0.2, 0.25) is 0 Å². The van der Waals surface area contributed by atoms with Crippen molar-refractivity contribution in [1.29, 1.82) is 5.26 Å². The predicted molar refractivity (Wildman–Crippen MR) is 99.8 cm³/mol. The molecule has 3 aliphatic rings. The molecule has 1 aromatic rings. The summed E-state index contributed by atoms with van der Waals surface area (Å²) >= 11 is 0. The first-order valence-corrected chi connectivity index (χ1v) is 9.60. The fourth-order valence-corrected chi connectivity index (χ4v) is 4.43. The number of hydrogen-bond donors (Lipinski definition) is 0. The standard InChI is InChI=1S/C20H19F3N4O4/c1-19(2,3)31-18(30)25-9-12-7-14(25)15-16(28)27(17(29)26(12)15)11-5-4-10(8-24)13(6-11)20(21,22)23/h4-6,12,14-15H,7,9H2,1-3H3/t12?,14?,15-/m1/s1. The largest absolute Gasteiger partial charge is 0.444 e. The van der Waals surface area contributed by atoms with Gasteiger partial charge in [-0.3, -0.25) is 4.79 Å². The number of benzene rings is 1. The molecule has 4 amide bonds. The molecule has 2 bridgehead atoms. The zero-order valence-electron chi connectivity index (χ0n) is 16.9. The second-order valence-electron chi connectivity index (χ2n) is 8.74. The lowest BCUT2D eigenvalue weighted by atomic mass is 10.1. The van der Waals surface area contributed by atoms with E-state index in [1.165, 1.54) is 15.9 Å². The van der Waals surface area contributed by atoms with Crippen LogP contribution in [0.15, 0.2) is 18.2 Å². The van der Waals surface area contributed by atoms with Gasteiger partial charge in [-0.2, -0.15) is 18.4 Å². The van der Waals surface area contributed by atoms with Gasteiger partial charge in [-0.1, -0.05) is 0 Å². The van der Waals surface area contributed by atoms with Crippen LogP contribution in [0.4, 0.5) is 28.4 Å². The van der Waals surface area contributed by atoms with Crippen LogP contribution in [0.1, 0.15) is 38.3 Å². The molecule has 2 unspecified atom stereocenters. The Labute approximate surface area is 175 Å². The number of alkyl halides is 3. The van der Waals surface area contributed by atoms with Crippen molar-refractivity contribution in [3.63, 3.8) is 0 Å². The molecule has 3 fully saturated rings. The Bertz CT molecular complexity index is 1030. The number of piperazine rings is 1. The Morgan fingerprint density at radius 1 is 1.23 bits per heavy atom. The highest BCUT2D eigenvalue weighted by molar-refractivity contribution is 6.22. The number of imide groups is 1. The van der Waals surface area contributed by atoms with Crippen LogP contribution in [0.25, 0.3) is 0 Å². The quantitative estimate of drug-likeness (QED) is 0.631. The van der Waals surface area contributed by atoms with Gasteiger partial charge >= 0.3 is 18.3 Å². The normalized spacial score (nSPS) is 25.2. The van der Waals surface area contributed by atoms with Crippen LogP contribution < -0.4 is 4.90 Å². The zero-order chi connectivity index (χ0) is 22.9. The van der Waals surface area contributed by atoms with Crippen LogP contribution in [0.5, 0.6) is 0 Å². The van der Waals surface area contributed by atoms with Gasteiger partial charge in [-0.05, 0) is 45.4 Å². The third-order valence-corrected chi connectivity index (χ3v) is 5.58. The lowest BCUT2D eigenvalue weighted by Gasteiger charge is -2.35. The second-order valence-corrected chi connectivity index (χ2v) is 8.74. The molecule has 0 N–H and O–H groups in total. The molecule has 0 aromatic heterocycles. The summed E-state index contributed by atoms with van der Waals surface area (Å²) < 4.78 is 45.4.